The monoisotopic (exact) mass is 204 g/mol. The Morgan fingerprint density at radius 2 is 1.73 bits per heavy atom. The molecule has 1 N–H and O–H groups in total. The average molecular weight is 204 g/mol. The maximum Gasteiger partial charge on any atom is 0.335 e. The van der Waals surface area contributed by atoms with E-state index in [-0.39, 0.29) is 5.41 Å². The van der Waals surface area contributed by atoms with Crippen LogP contribution in [-0.4, -0.2) is 11.1 Å². The summed E-state index contributed by atoms with van der Waals surface area (Å²) in [7, 11) is 0. The average Bonchev–Trinajstić information content (AvgIpc) is 2.14. The highest BCUT2D eigenvalue weighted by atomic mass is 16.4. The van der Waals surface area contributed by atoms with Crippen molar-refractivity contribution < 1.29 is 9.90 Å². The summed E-state index contributed by atoms with van der Waals surface area (Å²) in [4.78, 5) is 10.6. The lowest BCUT2D eigenvalue weighted by molar-refractivity contribution is 0.0697. The molecule has 80 valence electrons. The minimum Gasteiger partial charge on any atom is -0.478 e. The summed E-state index contributed by atoms with van der Waals surface area (Å²) in [6.07, 6.45) is 4.11. The number of allylic oxidation sites excluding steroid dienone is 1. The Morgan fingerprint density at radius 1 is 1.20 bits per heavy atom. The van der Waals surface area contributed by atoms with Crippen molar-refractivity contribution >= 4 is 12.0 Å². The molecule has 0 fully saturated rings. The molecule has 0 bridgehead atoms. The van der Waals surface area contributed by atoms with E-state index >= 15 is 0 Å². The molecule has 0 saturated carbocycles. The van der Waals surface area contributed by atoms with Crippen LogP contribution in [0.3, 0.4) is 0 Å². The lowest BCUT2D eigenvalue weighted by Crippen LogP contribution is -1.98. The van der Waals surface area contributed by atoms with Crippen molar-refractivity contribution in [2.24, 2.45) is 5.41 Å². The summed E-state index contributed by atoms with van der Waals surface area (Å²) in [5.74, 6) is -0.888. The van der Waals surface area contributed by atoms with Crippen molar-refractivity contribution in [3.05, 3.63) is 41.5 Å². The second-order valence-corrected chi connectivity index (χ2v) is 4.63. The van der Waals surface area contributed by atoms with Crippen LogP contribution >= 0.6 is 0 Å². The quantitative estimate of drug-likeness (QED) is 0.801. The zero-order chi connectivity index (χ0) is 11.5. The van der Waals surface area contributed by atoms with Crippen LogP contribution in [0.5, 0.6) is 0 Å². The lowest BCUT2D eigenvalue weighted by atomic mass is 9.95. The Bertz CT molecular complexity index is 367. The molecule has 0 amide bonds. The van der Waals surface area contributed by atoms with Gasteiger partial charge in [0.05, 0.1) is 5.56 Å². The maximum absolute atomic E-state index is 10.6. The van der Waals surface area contributed by atoms with Crippen molar-refractivity contribution in [1.29, 1.82) is 0 Å². The third-order valence-corrected chi connectivity index (χ3v) is 1.93. The second-order valence-electron chi connectivity index (χ2n) is 4.63. The molecule has 0 saturated heterocycles. The summed E-state index contributed by atoms with van der Waals surface area (Å²) in [5, 5.41) is 8.72. The summed E-state index contributed by atoms with van der Waals surface area (Å²) in [6.45, 7) is 6.36. The van der Waals surface area contributed by atoms with Gasteiger partial charge in [-0.1, -0.05) is 45.1 Å². The number of carbonyl (C=O) groups is 1. The van der Waals surface area contributed by atoms with Crippen LogP contribution in [0.25, 0.3) is 6.08 Å². The molecule has 0 aliphatic rings. The molecular weight excluding hydrogens is 188 g/mol. The molecule has 0 aliphatic carbocycles. The fourth-order valence-corrected chi connectivity index (χ4v) is 1.08. The number of hydrogen-bond donors (Lipinski definition) is 1. The molecule has 0 heterocycles. The Balaban J connectivity index is 2.82. The van der Waals surface area contributed by atoms with Crippen molar-refractivity contribution in [1.82, 2.24) is 0 Å². The molecule has 0 atom stereocenters. The molecule has 15 heavy (non-hydrogen) atoms. The molecule has 1 rings (SSSR count). The molecule has 0 aliphatic heterocycles. The smallest absolute Gasteiger partial charge is 0.335 e. The topological polar surface area (TPSA) is 37.3 Å². The fourth-order valence-electron chi connectivity index (χ4n) is 1.08. The third kappa shape index (κ3) is 3.98. The molecular formula is C13H16O2. The van der Waals surface area contributed by atoms with Crippen LogP contribution in [-0.2, 0) is 0 Å². The Kier molecular flexibility index (Phi) is 3.30. The van der Waals surface area contributed by atoms with Gasteiger partial charge in [-0.15, -0.1) is 0 Å². The van der Waals surface area contributed by atoms with Crippen LogP contribution in [0, 0.1) is 5.41 Å². The predicted molar refractivity (Wildman–Crippen MR) is 61.9 cm³/mol. The Labute approximate surface area is 90.3 Å². The molecule has 1 aromatic carbocycles. The molecule has 2 nitrogen and oxygen atoms in total. The number of aromatic carboxylic acids is 1. The van der Waals surface area contributed by atoms with Gasteiger partial charge in [0, 0.05) is 0 Å². The van der Waals surface area contributed by atoms with E-state index in [4.69, 9.17) is 5.11 Å². The van der Waals surface area contributed by atoms with E-state index in [1.807, 2.05) is 18.2 Å². The number of hydrogen-bond acceptors (Lipinski definition) is 1. The number of rotatable bonds is 2. The van der Waals surface area contributed by atoms with E-state index in [0.717, 1.165) is 5.56 Å². The first kappa shape index (κ1) is 11.5. The standard InChI is InChI=1S/C13H16O2/c1-13(2,3)9-8-10-4-6-11(7-5-10)12(14)15/h4-9H,1-3H3,(H,14,15). The van der Waals surface area contributed by atoms with Crippen LogP contribution in [0.1, 0.15) is 36.7 Å². The van der Waals surface area contributed by atoms with Gasteiger partial charge in [0.2, 0.25) is 0 Å². The van der Waals surface area contributed by atoms with E-state index in [1.165, 1.54) is 0 Å². The van der Waals surface area contributed by atoms with Gasteiger partial charge in [-0.2, -0.15) is 0 Å². The minimum absolute atomic E-state index is 0.144. The van der Waals surface area contributed by atoms with Gasteiger partial charge < -0.3 is 5.11 Å². The van der Waals surface area contributed by atoms with E-state index < -0.39 is 5.97 Å². The third-order valence-electron chi connectivity index (χ3n) is 1.93. The van der Waals surface area contributed by atoms with Gasteiger partial charge in [-0.3, -0.25) is 0 Å². The largest absolute Gasteiger partial charge is 0.478 e. The molecule has 1 aromatic rings. The second kappa shape index (κ2) is 4.30. The first-order valence-electron chi connectivity index (χ1n) is 4.91. The number of benzene rings is 1. The van der Waals surface area contributed by atoms with E-state index in [9.17, 15) is 4.79 Å². The SMILES string of the molecule is CC(C)(C)C=Cc1ccc(C(=O)O)cc1. The van der Waals surface area contributed by atoms with Crippen molar-refractivity contribution in [3.63, 3.8) is 0 Å². The van der Waals surface area contributed by atoms with Gasteiger partial charge in [0.15, 0.2) is 0 Å². The highest BCUT2D eigenvalue weighted by Gasteiger charge is 2.04. The molecule has 2 heteroatoms. The number of carboxylic acid groups (broad SMARTS) is 1. The lowest BCUT2D eigenvalue weighted by Gasteiger charge is -2.10. The predicted octanol–water partition coefficient (Wildman–Crippen LogP) is 3.44. The van der Waals surface area contributed by atoms with Crippen molar-refractivity contribution in [2.45, 2.75) is 20.8 Å². The summed E-state index contributed by atoms with van der Waals surface area (Å²) < 4.78 is 0. The van der Waals surface area contributed by atoms with Crippen molar-refractivity contribution in [2.75, 3.05) is 0 Å². The van der Waals surface area contributed by atoms with Gasteiger partial charge in [0.1, 0.15) is 0 Å². The fraction of sp³-hybridized carbons (Fsp3) is 0.308. The zero-order valence-corrected chi connectivity index (χ0v) is 9.32. The summed E-state index contributed by atoms with van der Waals surface area (Å²) in [5.41, 5.74) is 1.49. The minimum atomic E-state index is -0.888. The van der Waals surface area contributed by atoms with Crippen LogP contribution < -0.4 is 0 Å². The summed E-state index contributed by atoms with van der Waals surface area (Å²) >= 11 is 0. The maximum atomic E-state index is 10.6. The van der Waals surface area contributed by atoms with Gasteiger partial charge in [-0.05, 0) is 23.1 Å². The zero-order valence-electron chi connectivity index (χ0n) is 9.32. The van der Waals surface area contributed by atoms with E-state index in [1.54, 1.807) is 12.1 Å². The molecule has 0 unspecified atom stereocenters. The Hall–Kier alpha value is -1.57. The first-order valence-corrected chi connectivity index (χ1v) is 4.91. The van der Waals surface area contributed by atoms with E-state index in [2.05, 4.69) is 26.8 Å². The van der Waals surface area contributed by atoms with Gasteiger partial charge in [-0.25, -0.2) is 4.79 Å². The highest BCUT2D eigenvalue weighted by Crippen LogP contribution is 2.17. The van der Waals surface area contributed by atoms with Crippen molar-refractivity contribution in [3.8, 4) is 0 Å². The van der Waals surface area contributed by atoms with Crippen LogP contribution in [0.4, 0.5) is 0 Å². The van der Waals surface area contributed by atoms with Gasteiger partial charge in [0.25, 0.3) is 0 Å². The van der Waals surface area contributed by atoms with Crippen LogP contribution in [0.15, 0.2) is 30.3 Å². The van der Waals surface area contributed by atoms with E-state index in [0.29, 0.717) is 5.56 Å². The molecule has 0 radical (unpaired) electrons. The molecule has 0 spiro atoms. The summed E-state index contributed by atoms with van der Waals surface area (Å²) in [6, 6.07) is 6.85. The highest BCUT2D eigenvalue weighted by molar-refractivity contribution is 5.87. The normalized spacial score (nSPS) is 11.9. The number of carboxylic acids is 1. The molecule has 0 aromatic heterocycles. The van der Waals surface area contributed by atoms with Gasteiger partial charge >= 0.3 is 5.97 Å². The first-order chi connectivity index (χ1) is 6.88. The Morgan fingerprint density at radius 3 is 2.13 bits per heavy atom. The van der Waals surface area contributed by atoms with Crippen LogP contribution in [0.2, 0.25) is 0 Å².